The maximum Gasteiger partial charge on any atom is 0.126 e. The van der Waals surface area contributed by atoms with Gasteiger partial charge in [-0.1, -0.05) is 69.8 Å². The molecule has 0 heterocycles. The lowest BCUT2D eigenvalue weighted by molar-refractivity contribution is 0.411. The van der Waals surface area contributed by atoms with E-state index in [-0.39, 0.29) is 11.2 Å². The predicted molar refractivity (Wildman–Crippen MR) is 98.8 cm³/mol. The molecule has 120 valence electrons. The van der Waals surface area contributed by atoms with Crippen molar-refractivity contribution >= 4 is 18.2 Å². The minimum absolute atomic E-state index is 0.147. The zero-order chi connectivity index (χ0) is 17.0. The van der Waals surface area contributed by atoms with Crippen LogP contribution in [0, 0.1) is 0 Å². The summed E-state index contributed by atoms with van der Waals surface area (Å²) in [6.45, 7) is 10.3. The fourth-order valence-corrected chi connectivity index (χ4v) is 2.35. The van der Waals surface area contributed by atoms with E-state index in [0.717, 1.165) is 11.1 Å². The van der Waals surface area contributed by atoms with Crippen molar-refractivity contribution in [1.29, 1.82) is 0 Å². The van der Waals surface area contributed by atoms with Crippen molar-refractivity contribution in [3.63, 3.8) is 0 Å². The monoisotopic (exact) mass is 308 g/mol. The summed E-state index contributed by atoms with van der Waals surface area (Å²) in [4.78, 5) is 0. The Balaban J connectivity index is 2.28. The van der Waals surface area contributed by atoms with Gasteiger partial charge >= 0.3 is 0 Å². The average Bonchev–Trinajstić information content (AvgIpc) is 2.53. The van der Waals surface area contributed by atoms with E-state index in [1.807, 2.05) is 18.2 Å². The van der Waals surface area contributed by atoms with Crippen molar-refractivity contribution in [3.8, 4) is 11.5 Å². The highest BCUT2D eigenvalue weighted by Gasteiger charge is 2.12. The number of aromatic hydroxyl groups is 1. The van der Waals surface area contributed by atoms with Crippen LogP contribution in [0.2, 0.25) is 0 Å². The van der Waals surface area contributed by atoms with Gasteiger partial charge in [-0.3, -0.25) is 0 Å². The fraction of sp³-hybridized carbons (Fsp3) is 0.238. The molecule has 0 aliphatic carbocycles. The number of phenols is 1. The van der Waals surface area contributed by atoms with Crippen LogP contribution in [0.3, 0.4) is 0 Å². The summed E-state index contributed by atoms with van der Waals surface area (Å²) in [5.41, 5.74) is 4.02. The van der Waals surface area contributed by atoms with E-state index in [1.54, 1.807) is 19.3 Å². The molecular weight excluding hydrogens is 284 g/mol. The number of phenolic OH excluding ortho intramolecular Hbond substituents is 1. The van der Waals surface area contributed by atoms with Gasteiger partial charge in [-0.05, 0) is 28.7 Å². The number of rotatable bonds is 4. The number of methoxy groups -OCH3 is 1. The van der Waals surface area contributed by atoms with Gasteiger partial charge in [0.1, 0.15) is 11.5 Å². The van der Waals surface area contributed by atoms with Gasteiger partial charge in [0.05, 0.1) is 7.11 Å². The van der Waals surface area contributed by atoms with Crippen molar-refractivity contribution in [2.24, 2.45) is 0 Å². The molecule has 0 spiro atoms. The maximum atomic E-state index is 10.1. The molecule has 2 aromatic rings. The van der Waals surface area contributed by atoms with Gasteiger partial charge in [0.2, 0.25) is 0 Å². The number of hydrogen-bond donors (Lipinski definition) is 1. The summed E-state index contributed by atoms with van der Waals surface area (Å²) in [6.07, 6.45) is 5.53. The van der Waals surface area contributed by atoms with E-state index < -0.39 is 0 Å². The lowest BCUT2D eigenvalue weighted by Crippen LogP contribution is -2.10. The Morgan fingerprint density at radius 3 is 2.17 bits per heavy atom. The molecule has 0 radical (unpaired) electrons. The predicted octanol–water partition coefficient (Wildman–Crippen LogP) is 5.51. The molecule has 0 aliphatic heterocycles. The molecule has 2 nitrogen and oxygen atoms in total. The van der Waals surface area contributed by atoms with Gasteiger partial charge in [0, 0.05) is 11.1 Å². The van der Waals surface area contributed by atoms with Gasteiger partial charge in [0.25, 0.3) is 0 Å². The molecule has 0 aromatic heterocycles. The van der Waals surface area contributed by atoms with Gasteiger partial charge in [-0.25, -0.2) is 0 Å². The molecule has 2 aromatic carbocycles. The largest absolute Gasteiger partial charge is 0.507 e. The molecule has 2 heteroatoms. The molecule has 0 atom stereocenters. The quantitative estimate of drug-likeness (QED) is 0.754. The Bertz CT molecular complexity index is 717. The Labute approximate surface area is 138 Å². The Morgan fingerprint density at radius 2 is 1.65 bits per heavy atom. The third kappa shape index (κ3) is 4.04. The van der Waals surface area contributed by atoms with Gasteiger partial charge < -0.3 is 9.84 Å². The smallest absolute Gasteiger partial charge is 0.126 e. The first kappa shape index (κ1) is 16.9. The highest BCUT2D eigenvalue weighted by atomic mass is 16.5. The molecule has 0 fully saturated rings. The summed E-state index contributed by atoms with van der Waals surface area (Å²) >= 11 is 0. The highest BCUT2D eigenvalue weighted by molar-refractivity contribution is 5.75. The summed E-state index contributed by atoms with van der Waals surface area (Å²) in [6, 6.07) is 11.9. The first-order chi connectivity index (χ1) is 10.8. The topological polar surface area (TPSA) is 29.5 Å². The normalized spacial score (nSPS) is 11.7. The number of ether oxygens (including phenoxy) is 1. The van der Waals surface area contributed by atoms with Crippen molar-refractivity contribution in [3.05, 3.63) is 65.2 Å². The first-order valence-electron chi connectivity index (χ1n) is 7.67. The van der Waals surface area contributed by atoms with Gasteiger partial charge in [-0.15, -0.1) is 0 Å². The fourth-order valence-electron chi connectivity index (χ4n) is 2.35. The van der Waals surface area contributed by atoms with Crippen LogP contribution >= 0.6 is 0 Å². The lowest BCUT2D eigenvalue weighted by Gasteiger charge is -2.18. The Kier molecular flexibility index (Phi) is 4.95. The molecule has 0 aliphatic rings. The first-order valence-corrected chi connectivity index (χ1v) is 7.67. The minimum Gasteiger partial charge on any atom is -0.507 e. The van der Waals surface area contributed by atoms with Crippen LogP contribution in [-0.2, 0) is 5.41 Å². The van der Waals surface area contributed by atoms with Crippen LogP contribution in [0.15, 0.2) is 43.0 Å². The minimum atomic E-state index is 0.147. The average molecular weight is 308 g/mol. The third-order valence-corrected chi connectivity index (χ3v) is 3.83. The number of benzene rings is 2. The summed E-state index contributed by atoms with van der Waals surface area (Å²) in [5.74, 6) is 0.906. The summed E-state index contributed by atoms with van der Waals surface area (Å²) in [7, 11) is 1.61. The van der Waals surface area contributed by atoms with Crippen LogP contribution in [0.5, 0.6) is 11.5 Å². The SMILES string of the molecule is C=Cc1cc(O)c(/C=C/c2ccc(C(C)(C)C)cc2)cc1OC. The van der Waals surface area contributed by atoms with E-state index in [2.05, 4.69) is 51.6 Å². The summed E-state index contributed by atoms with van der Waals surface area (Å²) in [5, 5.41) is 10.1. The van der Waals surface area contributed by atoms with Gasteiger partial charge in [0.15, 0.2) is 0 Å². The van der Waals surface area contributed by atoms with Crippen LogP contribution in [-0.4, -0.2) is 12.2 Å². The molecule has 23 heavy (non-hydrogen) atoms. The molecule has 0 saturated carbocycles. The molecule has 0 unspecified atom stereocenters. The van der Waals surface area contributed by atoms with Crippen molar-refractivity contribution in [2.45, 2.75) is 26.2 Å². The highest BCUT2D eigenvalue weighted by Crippen LogP contribution is 2.30. The second kappa shape index (κ2) is 6.74. The zero-order valence-corrected chi connectivity index (χ0v) is 14.3. The molecule has 0 bridgehead atoms. The third-order valence-electron chi connectivity index (χ3n) is 3.83. The standard InChI is InChI=1S/C21H24O2/c1-6-16-13-19(22)17(14-20(16)23-5)10-7-15-8-11-18(12-9-15)21(2,3)4/h6-14,22H,1H2,2-5H3/b10-7+. The molecule has 2 rings (SSSR count). The molecule has 0 amide bonds. The second-order valence-electron chi connectivity index (χ2n) is 6.56. The zero-order valence-electron chi connectivity index (χ0n) is 14.3. The Morgan fingerprint density at radius 1 is 1.00 bits per heavy atom. The van der Waals surface area contributed by atoms with Crippen LogP contribution in [0.1, 0.15) is 43.0 Å². The lowest BCUT2D eigenvalue weighted by atomic mass is 9.87. The maximum absolute atomic E-state index is 10.1. The van der Waals surface area contributed by atoms with Crippen molar-refractivity contribution in [1.82, 2.24) is 0 Å². The van der Waals surface area contributed by atoms with Gasteiger partial charge in [-0.2, -0.15) is 0 Å². The van der Waals surface area contributed by atoms with E-state index in [1.165, 1.54) is 5.56 Å². The van der Waals surface area contributed by atoms with E-state index in [0.29, 0.717) is 11.3 Å². The van der Waals surface area contributed by atoms with Crippen LogP contribution in [0.4, 0.5) is 0 Å². The molecule has 1 N–H and O–H groups in total. The van der Waals surface area contributed by atoms with Crippen molar-refractivity contribution in [2.75, 3.05) is 7.11 Å². The number of hydrogen-bond acceptors (Lipinski definition) is 2. The van der Waals surface area contributed by atoms with Crippen LogP contribution < -0.4 is 4.74 Å². The second-order valence-corrected chi connectivity index (χ2v) is 6.56. The van der Waals surface area contributed by atoms with Crippen molar-refractivity contribution < 1.29 is 9.84 Å². The van der Waals surface area contributed by atoms with E-state index in [4.69, 9.17) is 4.74 Å². The summed E-state index contributed by atoms with van der Waals surface area (Å²) < 4.78 is 5.32. The van der Waals surface area contributed by atoms with E-state index >= 15 is 0 Å². The molecular formula is C21H24O2. The van der Waals surface area contributed by atoms with Crippen LogP contribution in [0.25, 0.3) is 18.2 Å². The molecule has 0 saturated heterocycles. The Hall–Kier alpha value is -2.48. The van der Waals surface area contributed by atoms with E-state index in [9.17, 15) is 5.11 Å².